The molecule has 1 atom stereocenters. The number of likely N-dealkylation sites (tertiary alicyclic amines) is 1. The summed E-state index contributed by atoms with van der Waals surface area (Å²) in [5, 5.41) is 0.222. The van der Waals surface area contributed by atoms with Crippen molar-refractivity contribution >= 4 is 17.7 Å². The number of hydrogen-bond donors (Lipinski definition) is 0. The van der Waals surface area contributed by atoms with E-state index in [1.54, 1.807) is 17.2 Å². The van der Waals surface area contributed by atoms with E-state index in [2.05, 4.69) is 9.97 Å². The number of rotatable bonds is 4. The lowest BCUT2D eigenvalue weighted by atomic mass is 9.99. The van der Waals surface area contributed by atoms with Gasteiger partial charge in [0.15, 0.2) is 0 Å². The first-order valence-corrected chi connectivity index (χ1v) is 8.24. The molecule has 2 rings (SSSR count). The summed E-state index contributed by atoms with van der Waals surface area (Å²) in [6.07, 6.45) is 3.37. The number of nitrogens with zero attached hydrogens (tertiary/aromatic N) is 3. The second-order valence-electron chi connectivity index (χ2n) is 6.77. The highest BCUT2D eigenvalue weighted by atomic mass is 35.5. The summed E-state index contributed by atoms with van der Waals surface area (Å²) in [6.45, 7) is 8.02. The van der Waals surface area contributed by atoms with Gasteiger partial charge in [0.2, 0.25) is 5.28 Å². The van der Waals surface area contributed by atoms with Crippen molar-refractivity contribution in [2.45, 2.75) is 45.8 Å². The molecular weight excluding hydrogens is 318 g/mol. The van der Waals surface area contributed by atoms with Crippen LogP contribution in [0.5, 0.6) is 0 Å². The van der Waals surface area contributed by atoms with Crippen molar-refractivity contribution in [2.24, 2.45) is 5.92 Å². The van der Waals surface area contributed by atoms with Gasteiger partial charge in [0.05, 0.1) is 18.9 Å². The number of halogens is 1. The minimum atomic E-state index is -0.465. The van der Waals surface area contributed by atoms with Crippen LogP contribution in [0.25, 0.3) is 0 Å². The van der Waals surface area contributed by atoms with Gasteiger partial charge in [-0.3, -0.25) is 0 Å². The fourth-order valence-electron chi connectivity index (χ4n) is 2.47. The number of aromatic nitrogens is 2. The molecule has 0 spiro atoms. The smallest absolute Gasteiger partial charge is 0.410 e. The van der Waals surface area contributed by atoms with Gasteiger partial charge in [-0.2, -0.15) is 0 Å². The molecule has 1 saturated heterocycles. The Morgan fingerprint density at radius 1 is 1.48 bits per heavy atom. The maximum atomic E-state index is 12.1. The third-order valence-corrected chi connectivity index (χ3v) is 3.64. The van der Waals surface area contributed by atoms with Crippen molar-refractivity contribution in [3.63, 3.8) is 0 Å². The molecule has 1 amide bonds. The van der Waals surface area contributed by atoms with Gasteiger partial charge >= 0.3 is 6.09 Å². The van der Waals surface area contributed by atoms with Gasteiger partial charge < -0.3 is 14.4 Å². The van der Waals surface area contributed by atoms with Crippen LogP contribution in [0.15, 0.2) is 12.3 Å². The molecule has 0 radical (unpaired) electrons. The van der Waals surface area contributed by atoms with Gasteiger partial charge in [-0.25, -0.2) is 14.8 Å². The second kappa shape index (κ2) is 7.93. The van der Waals surface area contributed by atoms with E-state index in [0.29, 0.717) is 25.7 Å². The molecule has 2 heterocycles. The molecule has 0 aromatic carbocycles. The number of carbonyl (C=O) groups excluding carboxylic acids is 1. The predicted octanol–water partition coefficient (Wildman–Crippen LogP) is 3.29. The average molecular weight is 342 g/mol. The van der Waals surface area contributed by atoms with Crippen LogP contribution in [-0.2, 0) is 16.1 Å². The molecule has 6 nitrogen and oxygen atoms in total. The van der Waals surface area contributed by atoms with Crippen LogP contribution in [0.3, 0.4) is 0 Å². The quantitative estimate of drug-likeness (QED) is 0.786. The lowest BCUT2D eigenvalue weighted by Crippen LogP contribution is -2.43. The van der Waals surface area contributed by atoms with E-state index < -0.39 is 5.60 Å². The highest BCUT2D eigenvalue weighted by Gasteiger charge is 2.27. The van der Waals surface area contributed by atoms with Crippen molar-refractivity contribution < 1.29 is 14.3 Å². The molecule has 0 saturated carbocycles. The molecule has 128 valence electrons. The van der Waals surface area contributed by atoms with Gasteiger partial charge in [0, 0.05) is 25.2 Å². The first-order chi connectivity index (χ1) is 10.8. The molecule has 1 aliphatic rings. The molecule has 0 bridgehead atoms. The maximum absolute atomic E-state index is 12.1. The van der Waals surface area contributed by atoms with Gasteiger partial charge in [-0.05, 0) is 51.3 Å². The van der Waals surface area contributed by atoms with Crippen LogP contribution in [0.4, 0.5) is 4.79 Å². The van der Waals surface area contributed by atoms with E-state index in [1.165, 1.54) is 0 Å². The number of hydrogen-bond acceptors (Lipinski definition) is 5. The van der Waals surface area contributed by atoms with E-state index in [0.717, 1.165) is 25.1 Å². The van der Waals surface area contributed by atoms with Crippen molar-refractivity contribution in [3.8, 4) is 0 Å². The van der Waals surface area contributed by atoms with Crippen LogP contribution in [-0.4, -0.2) is 46.3 Å². The standard InChI is InChI=1S/C16H24ClN3O3/c1-16(2,3)23-15(21)20-8-4-5-12(9-20)10-22-11-13-6-7-18-14(17)19-13/h6-7,12H,4-5,8-11H2,1-3H3/t12-/m0/s1. The Kier molecular flexibility index (Phi) is 6.18. The van der Waals surface area contributed by atoms with Crippen LogP contribution in [0.2, 0.25) is 5.28 Å². The summed E-state index contributed by atoms with van der Waals surface area (Å²) >= 11 is 5.74. The SMILES string of the molecule is CC(C)(C)OC(=O)N1CCC[C@H](COCc2ccnc(Cl)n2)C1. The number of piperidine rings is 1. The zero-order chi connectivity index (χ0) is 16.9. The number of carbonyl (C=O) groups is 1. The van der Waals surface area contributed by atoms with Crippen molar-refractivity contribution in [2.75, 3.05) is 19.7 Å². The maximum Gasteiger partial charge on any atom is 0.410 e. The van der Waals surface area contributed by atoms with E-state index >= 15 is 0 Å². The summed E-state index contributed by atoms with van der Waals surface area (Å²) in [5.41, 5.74) is 0.289. The fourth-order valence-corrected chi connectivity index (χ4v) is 2.64. The Bertz CT molecular complexity index is 534. The summed E-state index contributed by atoms with van der Waals surface area (Å²) in [6, 6.07) is 1.78. The Hall–Kier alpha value is -1.40. The Morgan fingerprint density at radius 3 is 2.96 bits per heavy atom. The minimum absolute atomic E-state index is 0.222. The van der Waals surface area contributed by atoms with Gasteiger partial charge in [0.1, 0.15) is 5.60 Å². The first kappa shape index (κ1) is 17.9. The van der Waals surface area contributed by atoms with Gasteiger partial charge in [0.25, 0.3) is 0 Å². The Morgan fingerprint density at radius 2 is 2.26 bits per heavy atom. The van der Waals surface area contributed by atoms with Crippen molar-refractivity contribution in [1.29, 1.82) is 0 Å². The summed E-state index contributed by atoms with van der Waals surface area (Å²) in [5.74, 6) is 0.313. The average Bonchev–Trinajstić information content (AvgIpc) is 2.46. The van der Waals surface area contributed by atoms with E-state index in [-0.39, 0.29) is 11.4 Å². The van der Waals surface area contributed by atoms with Gasteiger partial charge in [-0.15, -0.1) is 0 Å². The van der Waals surface area contributed by atoms with Crippen molar-refractivity contribution in [1.82, 2.24) is 14.9 Å². The van der Waals surface area contributed by atoms with E-state index in [1.807, 2.05) is 20.8 Å². The first-order valence-electron chi connectivity index (χ1n) is 7.86. The molecule has 1 aliphatic heterocycles. The Labute approximate surface area is 142 Å². The molecule has 1 fully saturated rings. The number of amides is 1. The lowest BCUT2D eigenvalue weighted by molar-refractivity contribution is 0.00567. The minimum Gasteiger partial charge on any atom is -0.444 e. The topological polar surface area (TPSA) is 64.5 Å². The predicted molar refractivity (Wildman–Crippen MR) is 87.2 cm³/mol. The third-order valence-electron chi connectivity index (χ3n) is 3.46. The fraction of sp³-hybridized carbons (Fsp3) is 0.688. The zero-order valence-corrected chi connectivity index (χ0v) is 14.7. The highest BCUT2D eigenvalue weighted by molar-refractivity contribution is 6.28. The van der Waals surface area contributed by atoms with E-state index in [4.69, 9.17) is 21.1 Å². The highest BCUT2D eigenvalue weighted by Crippen LogP contribution is 2.20. The molecule has 0 unspecified atom stereocenters. The van der Waals surface area contributed by atoms with Gasteiger partial charge in [-0.1, -0.05) is 0 Å². The molecule has 23 heavy (non-hydrogen) atoms. The monoisotopic (exact) mass is 341 g/mol. The van der Waals surface area contributed by atoms with Crippen LogP contribution >= 0.6 is 11.6 Å². The molecular formula is C16H24ClN3O3. The molecule has 0 aliphatic carbocycles. The number of ether oxygens (including phenoxy) is 2. The largest absolute Gasteiger partial charge is 0.444 e. The summed E-state index contributed by atoms with van der Waals surface area (Å²) in [7, 11) is 0. The molecule has 1 aromatic rings. The molecule has 7 heteroatoms. The van der Waals surface area contributed by atoms with Crippen LogP contribution < -0.4 is 0 Å². The normalized spacial score (nSPS) is 18.8. The van der Waals surface area contributed by atoms with Crippen LogP contribution in [0.1, 0.15) is 39.3 Å². The summed E-state index contributed by atoms with van der Waals surface area (Å²) in [4.78, 5) is 21.8. The Balaban J connectivity index is 1.76. The zero-order valence-electron chi connectivity index (χ0n) is 13.9. The summed E-state index contributed by atoms with van der Waals surface area (Å²) < 4.78 is 11.1. The van der Waals surface area contributed by atoms with Crippen molar-refractivity contribution in [3.05, 3.63) is 23.2 Å². The lowest BCUT2D eigenvalue weighted by Gasteiger charge is -2.34. The third kappa shape index (κ3) is 6.31. The molecule has 0 N–H and O–H groups in total. The molecule has 1 aromatic heterocycles. The van der Waals surface area contributed by atoms with Crippen LogP contribution in [0, 0.1) is 5.92 Å². The second-order valence-corrected chi connectivity index (χ2v) is 7.10. The van der Waals surface area contributed by atoms with E-state index in [9.17, 15) is 4.79 Å².